The van der Waals surface area contributed by atoms with Gasteiger partial charge in [-0.1, -0.05) is 0 Å². The van der Waals surface area contributed by atoms with Crippen LogP contribution in [0.15, 0.2) is 18.3 Å². The van der Waals surface area contributed by atoms with Gasteiger partial charge in [-0.3, -0.25) is 9.89 Å². The second kappa shape index (κ2) is 3.21. The standard InChI is InChI=1S/C10H9FN2O/c1-6(14)2-7-3-8-5-12-13-10(8)4-9(7)11/h3-5H,2H2,1H3,(H,12,13). The summed E-state index contributed by atoms with van der Waals surface area (Å²) in [5.74, 6) is -0.413. The third-order valence-electron chi connectivity index (χ3n) is 2.05. The number of halogens is 1. The van der Waals surface area contributed by atoms with Crippen molar-refractivity contribution < 1.29 is 9.18 Å². The molecule has 1 N–H and O–H groups in total. The highest BCUT2D eigenvalue weighted by Crippen LogP contribution is 2.17. The summed E-state index contributed by atoms with van der Waals surface area (Å²) in [5.41, 5.74) is 1.07. The highest BCUT2D eigenvalue weighted by atomic mass is 19.1. The summed E-state index contributed by atoms with van der Waals surface area (Å²) < 4.78 is 13.4. The fourth-order valence-corrected chi connectivity index (χ4v) is 1.42. The number of rotatable bonds is 2. The van der Waals surface area contributed by atoms with E-state index in [2.05, 4.69) is 10.2 Å². The van der Waals surface area contributed by atoms with E-state index in [1.165, 1.54) is 13.0 Å². The maximum atomic E-state index is 13.4. The molecule has 0 unspecified atom stereocenters. The zero-order valence-electron chi connectivity index (χ0n) is 7.67. The SMILES string of the molecule is CC(=O)Cc1cc2cn[nH]c2cc1F. The molecule has 1 aromatic heterocycles. The van der Waals surface area contributed by atoms with Crippen LogP contribution >= 0.6 is 0 Å². The summed E-state index contributed by atoms with van der Waals surface area (Å²) in [6.07, 6.45) is 1.74. The molecule has 0 atom stereocenters. The number of Topliss-reactive ketones (excluding diaryl/α,β-unsaturated/α-hetero) is 1. The summed E-state index contributed by atoms with van der Waals surface area (Å²) >= 11 is 0. The van der Waals surface area contributed by atoms with E-state index in [9.17, 15) is 9.18 Å². The van der Waals surface area contributed by atoms with Crippen molar-refractivity contribution in [2.24, 2.45) is 0 Å². The van der Waals surface area contributed by atoms with Gasteiger partial charge in [-0.25, -0.2) is 4.39 Å². The molecule has 72 valence electrons. The fourth-order valence-electron chi connectivity index (χ4n) is 1.42. The number of aromatic amines is 1. The van der Waals surface area contributed by atoms with Gasteiger partial charge in [0.25, 0.3) is 0 Å². The Morgan fingerprint density at radius 3 is 3.07 bits per heavy atom. The van der Waals surface area contributed by atoms with Crippen LogP contribution in [0, 0.1) is 5.82 Å². The Kier molecular flexibility index (Phi) is 2.04. The molecule has 14 heavy (non-hydrogen) atoms. The van der Waals surface area contributed by atoms with Crippen molar-refractivity contribution in [1.29, 1.82) is 0 Å². The number of carbonyl (C=O) groups is 1. The lowest BCUT2D eigenvalue weighted by molar-refractivity contribution is -0.116. The van der Waals surface area contributed by atoms with Gasteiger partial charge in [0, 0.05) is 11.8 Å². The molecule has 0 aliphatic heterocycles. The number of nitrogens with zero attached hydrogens (tertiary/aromatic N) is 1. The lowest BCUT2D eigenvalue weighted by Crippen LogP contribution is -1.99. The second-order valence-electron chi connectivity index (χ2n) is 3.28. The monoisotopic (exact) mass is 192 g/mol. The topological polar surface area (TPSA) is 45.8 Å². The van der Waals surface area contributed by atoms with Crippen molar-refractivity contribution in [2.45, 2.75) is 13.3 Å². The number of aromatic nitrogens is 2. The molecule has 0 aliphatic carbocycles. The molecule has 1 aromatic carbocycles. The lowest BCUT2D eigenvalue weighted by Gasteiger charge is -2.00. The molecule has 0 amide bonds. The Hall–Kier alpha value is -1.71. The normalized spacial score (nSPS) is 10.7. The minimum absolute atomic E-state index is 0.0493. The Balaban J connectivity index is 2.53. The van der Waals surface area contributed by atoms with Crippen molar-refractivity contribution in [3.63, 3.8) is 0 Å². The number of ketones is 1. The Bertz CT molecular complexity index is 490. The van der Waals surface area contributed by atoms with Crippen molar-refractivity contribution in [3.05, 3.63) is 29.7 Å². The first-order valence-electron chi connectivity index (χ1n) is 4.28. The smallest absolute Gasteiger partial charge is 0.134 e. The average Bonchev–Trinajstić information content (AvgIpc) is 2.51. The number of hydrogen-bond donors (Lipinski definition) is 1. The van der Waals surface area contributed by atoms with Gasteiger partial charge in [0.15, 0.2) is 0 Å². The first-order valence-corrected chi connectivity index (χ1v) is 4.28. The summed E-state index contributed by atoms with van der Waals surface area (Å²) in [7, 11) is 0. The number of fused-ring (bicyclic) bond motifs is 1. The van der Waals surface area contributed by atoms with E-state index in [0.717, 1.165) is 5.39 Å². The van der Waals surface area contributed by atoms with Crippen molar-refractivity contribution in [3.8, 4) is 0 Å². The van der Waals surface area contributed by atoms with E-state index in [4.69, 9.17) is 0 Å². The van der Waals surface area contributed by atoms with Crippen LogP contribution in [0.1, 0.15) is 12.5 Å². The summed E-state index contributed by atoms with van der Waals surface area (Å²) in [6, 6.07) is 3.01. The lowest BCUT2D eigenvalue weighted by atomic mass is 10.1. The molecular formula is C10H9FN2O. The molecule has 0 fully saturated rings. The van der Waals surface area contributed by atoms with Gasteiger partial charge in [-0.2, -0.15) is 5.10 Å². The number of hydrogen-bond acceptors (Lipinski definition) is 2. The molecular weight excluding hydrogens is 183 g/mol. The minimum atomic E-state index is -0.364. The van der Waals surface area contributed by atoms with Crippen molar-refractivity contribution in [2.75, 3.05) is 0 Å². The number of H-pyrrole nitrogens is 1. The summed E-state index contributed by atoms with van der Waals surface area (Å²) in [5, 5.41) is 7.27. The van der Waals surface area contributed by atoms with E-state index in [1.54, 1.807) is 12.3 Å². The van der Waals surface area contributed by atoms with Gasteiger partial charge < -0.3 is 0 Å². The molecule has 0 aliphatic rings. The fraction of sp³-hybridized carbons (Fsp3) is 0.200. The van der Waals surface area contributed by atoms with Crippen LogP contribution in [-0.4, -0.2) is 16.0 Å². The van der Waals surface area contributed by atoms with Gasteiger partial charge in [-0.15, -0.1) is 0 Å². The Labute approximate surface area is 79.9 Å². The van der Waals surface area contributed by atoms with Crippen LogP contribution in [0.3, 0.4) is 0 Å². The number of carbonyl (C=O) groups excluding carboxylic acids is 1. The van der Waals surface area contributed by atoms with Crippen molar-refractivity contribution in [1.82, 2.24) is 10.2 Å². The Morgan fingerprint density at radius 1 is 1.57 bits per heavy atom. The van der Waals surface area contributed by atoms with E-state index < -0.39 is 0 Å². The largest absolute Gasteiger partial charge is 0.300 e. The van der Waals surface area contributed by atoms with Gasteiger partial charge in [0.2, 0.25) is 0 Å². The van der Waals surface area contributed by atoms with Gasteiger partial charge >= 0.3 is 0 Å². The zero-order valence-corrected chi connectivity index (χ0v) is 7.67. The van der Waals surface area contributed by atoms with Gasteiger partial charge in [0.1, 0.15) is 11.6 Å². The first kappa shape index (κ1) is 8.87. The second-order valence-corrected chi connectivity index (χ2v) is 3.28. The molecule has 0 bridgehead atoms. The predicted octanol–water partition coefficient (Wildman–Crippen LogP) is 1.83. The quantitative estimate of drug-likeness (QED) is 0.789. The third kappa shape index (κ3) is 1.51. The molecule has 0 saturated carbocycles. The third-order valence-corrected chi connectivity index (χ3v) is 2.05. The zero-order chi connectivity index (χ0) is 10.1. The van der Waals surface area contributed by atoms with Crippen molar-refractivity contribution >= 4 is 16.7 Å². The van der Waals surface area contributed by atoms with Crippen LogP contribution in [0.4, 0.5) is 4.39 Å². The van der Waals surface area contributed by atoms with E-state index in [1.807, 2.05) is 0 Å². The van der Waals surface area contributed by atoms with Crippen LogP contribution in [0.5, 0.6) is 0 Å². The molecule has 0 saturated heterocycles. The molecule has 4 heteroatoms. The minimum Gasteiger partial charge on any atom is -0.300 e. The highest BCUT2D eigenvalue weighted by molar-refractivity contribution is 5.82. The van der Waals surface area contributed by atoms with E-state index >= 15 is 0 Å². The molecule has 0 radical (unpaired) electrons. The van der Waals surface area contributed by atoms with Gasteiger partial charge in [0.05, 0.1) is 11.7 Å². The van der Waals surface area contributed by atoms with E-state index in [0.29, 0.717) is 11.1 Å². The maximum Gasteiger partial charge on any atom is 0.134 e. The summed E-state index contributed by atoms with van der Waals surface area (Å²) in [6.45, 7) is 1.44. The summed E-state index contributed by atoms with van der Waals surface area (Å²) in [4.78, 5) is 10.8. The van der Waals surface area contributed by atoms with Crippen LogP contribution < -0.4 is 0 Å². The number of nitrogens with one attached hydrogen (secondary N) is 1. The van der Waals surface area contributed by atoms with Crippen LogP contribution in [-0.2, 0) is 11.2 Å². The van der Waals surface area contributed by atoms with Gasteiger partial charge in [-0.05, 0) is 24.6 Å². The van der Waals surface area contributed by atoms with E-state index in [-0.39, 0.29) is 18.0 Å². The Morgan fingerprint density at radius 2 is 2.36 bits per heavy atom. The molecule has 1 heterocycles. The van der Waals surface area contributed by atoms with Crippen LogP contribution in [0.25, 0.3) is 10.9 Å². The maximum absolute atomic E-state index is 13.4. The predicted molar refractivity (Wildman–Crippen MR) is 50.4 cm³/mol. The van der Waals surface area contributed by atoms with Crippen LogP contribution in [0.2, 0.25) is 0 Å². The molecule has 2 aromatic rings. The molecule has 3 nitrogen and oxygen atoms in total. The highest BCUT2D eigenvalue weighted by Gasteiger charge is 2.07. The molecule has 0 spiro atoms. The number of benzene rings is 1. The molecule has 2 rings (SSSR count). The average molecular weight is 192 g/mol. The first-order chi connectivity index (χ1) is 6.66.